The Morgan fingerprint density at radius 1 is 0.487 bits per heavy atom. The Bertz CT molecular complexity index is 1180. The van der Waals surface area contributed by atoms with Crippen LogP contribution in [0, 0.1) is 0 Å². The number of hydrogen-bond acceptors (Lipinski definition) is 16. The third-order valence-corrected chi connectivity index (χ3v) is 8.33. The first kappa shape index (κ1) is 101. The largest absolute Gasteiger partial charge is 1.00 e. The monoisotopic (exact) mass is 1450 g/mol. The van der Waals surface area contributed by atoms with Crippen molar-refractivity contribution in [1.29, 1.82) is 0 Å². The second kappa shape index (κ2) is 60.6. The number of rotatable bonds is 6. The maximum absolute atomic E-state index is 11.4. The van der Waals surface area contributed by atoms with Gasteiger partial charge in [-0.25, -0.2) is 35.6 Å². The summed E-state index contributed by atoms with van der Waals surface area (Å²) in [5.41, 5.74) is 2.01. The summed E-state index contributed by atoms with van der Waals surface area (Å²) in [5.74, 6) is 0. The Kier molecular flexibility index (Phi) is 80.2. The number of nitrogens with zero attached hydrogens (tertiary/aromatic N) is 2. The van der Waals surface area contributed by atoms with Crippen molar-refractivity contribution in [3.8, 4) is 0 Å². The van der Waals surface area contributed by atoms with Gasteiger partial charge in [0, 0.05) is 27.9 Å². The molecule has 452 valence electrons. The van der Waals surface area contributed by atoms with Gasteiger partial charge in [-0.15, -0.1) is 36.0 Å². The molecule has 0 bridgehead atoms. The van der Waals surface area contributed by atoms with Crippen molar-refractivity contribution < 1.29 is 176 Å². The molecule has 0 radical (unpaired) electrons. The van der Waals surface area contributed by atoms with Gasteiger partial charge in [0.2, 0.25) is 0 Å². The minimum absolute atomic E-state index is 0. The van der Waals surface area contributed by atoms with E-state index in [2.05, 4.69) is 78.7 Å². The molecule has 0 aromatic rings. The molecule has 0 saturated carbocycles. The number of hydrogen-bond donors (Lipinski definition) is 5. The fraction of sp³-hybridized carbons (Fsp3) is 0.917. The van der Waals surface area contributed by atoms with E-state index in [1.165, 1.54) is 59.6 Å². The Morgan fingerprint density at radius 2 is 0.737 bits per heavy atom. The molecule has 0 aliphatic carbocycles. The molecule has 4 amide bonds. The molecule has 3 fully saturated rings. The van der Waals surface area contributed by atoms with E-state index in [1.54, 1.807) is 83.1 Å². The van der Waals surface area contributed by atoms with Gasteiger partial charge in [0.15, 0.2) is 0 Å². The van der Waals surface area contributed by atoms with E-state index in [0.717, 1.165) is 60.2 Å². The maximum atomic E-state index is 11.4. The molecule has 3 heterocycles. The number of carbonyl (C=O) groups is 4. The fourth-order valence-electron chi connectivity index (χ4n) is 3.60. The smallest absolute Gasteiger partial charge is 0.850 e. The molecule has 0 atom stereocenters. The van der Waals surface area contributed by atoms with Crippen LogP contribution in [0.25, 0.3) is 0 Å². The van der Waals surface area contributed by atoms with Crippen LogP contribution in [0.5, 0.6) is 0 Å². The van der Waals surface area contributed by atoms with E-state index in [-0.39, 0.29) is 140 Å². The van der Waals surface area contributed by atoms with Crippen LogP contribution in [-0.2, 0) is 33.5 Å². The van der Waals surface area contributed by atoms with E-state index >= 15 is 0 Å². The summed E-state index contributed by atoms with van der Waals surface area (Å²) in [5, 5.41) is 43.3. The Morgan fingerprint density at radius 3 is 0.855 bits per heavy atom. The van der Waals surface area contributed by atoms with Crippen molar-refractivity contribution in [2.75, 3.05) is 60.8 Å². The quantitative estimate of drug-likeness (QED) is 0.0491. The normalized spacial score (nSPS) is 13.8. The molecule has 5 N–H and O–H groups in total. The molecule has 0 aromatic carbocycles. The summed E-state index contributed by atoms with van der Waals surface area (Å²) in [6.07, 6.45) is 9.18. The summed E-state index contributed by atoms with van der Waals surface area (Å²) in [7, 11) is 0. The van der Waals surface area contributed by atoms with Crippen LogP contribution >= 0.6 is 88.5 Å². The van der Waals surface area contributed by atoms with Crippen molar-refractivity contribution in [1.82, 2.24) is 26.6 Å². The van der Waals surface area contributed by atoms with Gasteiger partial charge in [0.05, 0.1) is 32.9 Å². The molecule has 20 nitrogen and oxygen atoms in total. The number of unbranched alkanes of at least 4 members (excludes halogenated alkanes) is 2. The van der Waals surface area contributed by atoms with E-state index in [4.69, 9.17) is 34.4 Å². The first-order chi connectivity index (χ1) is 32.7. The van der Waals surface area contributed by atoms with Crippen molar-refractivity contribution in [2.24, 2.45) is 0 Å². The zero-order valence-corrected chi connectivity index (χ0v) is 64.3. The van der Waals surface area contributed by atoms with Crippen LogP contribution in [0.3, 0.4) is 0 Å². The molecule has 3 aliphatic heterocycles. The molecule has 0 aromatic heterocycles. The third-order valence-electron chi connectivity index (χ3n) is 6.09. The minimum atomic E-state index is -0.831. The molecule has 28 heteroatoms. The number of halogens is 6. The van der Waals surface area contributed by atoms with Gasteiger partial charge in [0.1, 0.15) is 22.4 Å². The topological polar surface area (TPSA) is 262 Å². The van der Waals surface area contributed by atoms with Crippen LogP contribution in [0.15, 0.2) is 0 Å². The Labute approximate surface area is 590 Å². The minimum Gasteiger partial charge on any atom is -0.850 e. The predicted octanol–water partition coefficient (Wildman–Crippen LogP) is 6.25. The summed E-state index contributed by atoms with van der Waals surface area (Å²) in [6.45, 7) is 35.5. The summed E-state index contributed by atoms with van der Waals surface area (Å²) >= 11 is 13.3. The molecule has 0 spiro atoms. The first-order valence-corrected chi connectivity index (χ1v) is 28.7. The van der Waals surface area contributed by atoms with Gasteiger partial charge in [-0.1, -0.05) is 105 Å². The fourth-order valence-corrected chi connectivity index (χ4v) is 5.19. The van der Waals surface area contributed by atoms with Crippen LogP contribution in [0.4, 0.5) is 19.2 Å². The third kappa shape index (κ3) is 112. The Balaban J connectivity index is -0.0000000819. The second-order valence-corrected chi connectivity index (χ2v) is 24.5. The SMILES string of the molecule is BrCCCCBr.BrCCCCBr.C1CCONC1.CC(C)(C)OC(=O)N1CCCCO1.CC(C)(C)OC(=O)N1CCCCO1.CC(C)(C)OC(=O)NO.CC(C)(C)OC(=O)NO.CC(C)(C)[O-].CC(C)(C)[O-].Cl.Cl.[K+].[K+]. The van der Waals surface area contributed by atoms with E-state index in [0.29, 0.717) is 26.3 Å². The number of carbonyl (C=O) groups excluding carboxylic acids is 4. The van der Waals surface area contributed by atoms with Gasteiger partial charge in [-0.3, -0.25) is 20.1 Å². The molecule has 3 saturated heterocycles. The molecule has 3 rings (SSSR count). The zero-order valence-electron chi connectivity index (χ0n) is 50.1. The second-order valence-electron chi connectivity index (χ2n) is 21.3. The van der Waals surface area contributed by atoms with Crippen LogP contribution in [0.2, 0.25) is 0 Å². The van der Waals surface area contributed by atoms with Crippen molar-refractivity contribution in [3.63, 3.8) is 0 Å². The van der Waals surface area contributed by atoms with Gasteiger partial charge >= 0.3 is 127 Å². The predicted molar refractivity (Wildman–Crippen MR) is 309 cm³/mol. The van der Waals surface area contributed by atoms with Gasteiger partial charge in [-0.05, 0) is 147 Å². The number of amides is 4. The molecule has 0 unspecified atom stereocenters. The first-order valence-electron chi connectivity index (χ1n) is 24.2. The van der Waals surface area contributed by atoms with E-state index in [1.807, 2.05) is 41.5 Å². The van der Waals surface area contributed by atoms with Gasteiger partial charge in [0.25, 0.3) is 0 Å². The molecule has 3 aliphatic rings. The summed E-state index contributed by atoms with van der Waals surface area (Å²) < 4.78 is 19.5. The number of nitrogens with one attached hydrogen (secondary N) is 3. The number of hydroxylamine groups is 7. The van der Waals surface area contributed by atoms with Crippen LogP contribution in [0.1, 0.15) is 189 Å². The summed E-state index contributed by atoms with van der Waals surface area (Å²) in [6, 6.07) is 0. The van der Waals surface area contributed by atoms with Crippen molar-refractivity contribution in [2.45, 2.75) is 222 Å². The molecular formula is C48H101Br4Cl2K2N5O15. The number of alkyl halides is 4. The van der Waals surface area contributed by atoms with Crippen LogP contribution in [-0.4, -0.2) is 139 Å². The zero-order chi connectivity index (χ0) is 57.7. The van der Waals surface area contributed by atoms with Crippen molar-refractivity contribution in [3.05, 3.63) is 0 Å². The van der Waals surface area contributed by atoms with Crippen LogP contribution < -0.4 is 129 Å². The average molecular weight is 1460 g/mol. The van der Waals surface area contributed by atoms with Gasteiger partial charge in [-0.2, -0.15) is 10.1 Å². The van der Waals surface area contributed by atoms with E-state index < -0.39 is 45.8 Å². The Hall–Kier alpha value is 2.53. The molecule has 76 heavy (non-hydrogen) atoms. The maximum Gasteiger partial charge on any atom is 1.00 e. The average Bonchev–Trinajstić information content (AvgIpc) is 3.24. The summed E-state index contributed by atoms with van der Waals surface area (Å²) in [4.78, 5) is 58.4. The standard InChI is InChI=1S/2C9H17NO3.2C5H11NO3.2C4H8Br2.C4H9NO.2C4H9O.2ClH.2K/c2*1-9(2,3)13-8(11)10-6-4-5-7-12-10;2*1-5(2,3)9-4(7)6-8;2*5-3-1-2-4-6;1-2-4-6-5-3-1;2*1-4(2,3)5;;;;/h2*4-7H2,1-3H3;2*8H,1-3H3,(H,6,7);2*1-4H2;5H,1-4H2;2*1-3H3;2*1H;;/q;;;;;;;2*-1;;;2*+1. The molecular weight excluding hydrogens is 1360 g/mol. The van der Waals surface area contributed by atoms with Crippen molar-refractivity contribution >= 4 is 113 Å². The van der Waals surface area contributed by atoms with E-state index in [9.17, 15) is 29.4 Å². The van der Waals surface area contributed by atoms with Gasteiger partial charge < -0.3 is 34.0 Å². The number of ether oxygens (including phenoxy) is 4.